The van der Waals surface area contributed by atoms with E-state index >= 15 is 0 Å². The molecule has 0 N–H and O–H groups in total. The molecule has 0 aromatic heterocycles. The van der Waals surface area contributed by atoms with Gasteiger partial charge in [0, 0.05) is 12.1 Å². The molecule has 1 aromatic rings. The molecule has 0 spiro atoms. The summed E-state index contributed by atoms with van der Waals surface area (Å²) in [6, 6.07) is 7.85. The Kier molecular flexibility index (Phi) is 3.66. The first-order valence-electron chi connectivity index (χ1n) is 6.42. The Morgan fingerprint density at radius 2 is 2.00 bits per heavy atom. The number of nitriles is 1. The predicted octanol–water partition coefficient (Wildman–Crippen LogP) is 2.82. The molecule has 0 saturated carbocycles. The highest BCUT2D eigenvalue weighted by Crippen LogP contribution is 2.22. The number of nitrogens with zero attached hydrogens (tertiary/aromatic N) is 2. The van der Waals surface area contributed by atoms with Crippen molar-refractivity contribution in [3.05, 3.63) is 34.9 Å². The van der Waals surface area contributed by atoms with Crippen molar-refractivity contribution >= 4 is 5.91 Å². The Morgan fingerprint density at radius 3 is 2.61 bits per heavy atom. The summed E-state index contributed by atoms with van der Waals surface area (Å²) in [6.07, 6.45) is 2.83. The number of aryl methyl sites for hydroxylation is 2. The van der Waals surface area contributed by atoms with Gasteiger partial charge >= 0.3 is 0 Å². The van der Waals surface area contributed by atoms with Crippen LogP contribution in [-0.4, -0.2) is 23.4 Å². The molecule has 1 amide bonds. The second kappa shape index (κ2) is 5.22. The molecule has 3 nitrogen and oxygen atoms in total. The van der Waals surface area contributed by atoms with Crippen LogP contribution in [0.5, 0.6) is 0 Å². The lowest BCUT2D eigenvalue weighted by molar-refractivity contribution is 0.0669. The minimum absolute atomic E-state index is 0.0110. The smallest absolute Gasteiger partial charge is 0.255 e. The number of carbonyl (C=O) groups is 1. The Morgan fingerprint density at radius 1 is 1.33 bits per heavy atom. The van der Waals surface area contributed by atoms with Gasteiger partial charge in [0.1, 0.15) is 6.04 Å². The van der Waals surface area contributed by atoms with Crippen molar-refractivity contribution < 1.29 is 4.79 Å². The van der Waals surface area contributed by atoms with Crippen molar-refractivity contribution in [2.45, 2.75) is 39.2 Å². The molecule has 1 saturated heterocycles. The van der Waals surface area contributed by atoms with E-state index in [-0.39, 0.29) is 11.9 Å². The molecule has 0 radical (unpaired) electrons. The Balaban J connectivity index is 2.33. The van der Waals surface area contributed by atoms with Gasteiger partial charge in [-0.3, -0.25) is 4.79 Å². The second-order valence-electron chi connectivity index (χ2n) is 4.91. The van der Waals surface area contributed by atoms with Crippen LogP contribution in [-0.2, 0) is 0 Å². The third-order valence-corrected chi connectivity index (χ3v) is 3.61. The number of hydrogen-bond donors (Lipinski definition) is 0. The highest BCUT2D eigenvalue weighted by molar-refractivity contribution is 5.97. The van der Waals surface area contributed by atoms with Gasteiger partial charge in [0.2, 0.25) is 0 Å². The molecule has 1 aliphatic heterocycles. The van der Waals surface area contributed by atoms with Gasteiger partial charge in [-0.1, -0.05) is 18.2 Å². The SMILES string of the molecule is Cc1cccc(C)c1C(=O)N1CCCCC1C#N. The summed E-state index contributed by atoms with van der Waals surface area (Å²) in [5.41, 5.74) is 2.74. The number of rotatable bonds is 1. The minimum atomic E-state index is -0.259. The van der Waals surface area contributed by atoms with Crippen molar-refractivity contribution in [2.75, 3.05) is 6.54 Å². The first-order valence-corrected chi connectivity index (χ1v) is 6.42. The van der Waals surface area contributed by atoms with Crippen LogP contribution >= 0.6 is 0 Å². The van der Waals surface area contributed by atoms with Crippen molar-refractivity contribution in [1.82, 2.24) is 4.90 Å². The van der Waals surface area contributed by atoms with Crippen LogP contribution in [0.4, 0.5) is 0 Å². The monoisotopic (exact) mass is 242 g/mol. The summed E-state index contributed by atoms with van der Waals surface area (Å²) < 4.78 is 0. The van der Waals surface area contributed by atoms with Crippen LogP contribution < -0.4 is 0 Å². The summed E-state index contributed by atoms with van der Waals surface area (Å²) in [5, 5.41) is 9.15. The third-order valence-electron chi connectivity index (χ3n) is 3.61. The molecular weight excluding hydrogens is 224 g/mol. The van der Waals surface area contributed by atoms with E-state index in [0.717, 1.165) is 36.0 Å². The fourth-order valence-electron chi connectivity index (χ4n) is 2.60. The average Bonchev–Trinajstić information content (AvgIpc) is 2.38. The van der Waals surface area contributed by atoms with Gasteiger partial charge in [-0.2, -0.15) is 5.26 Å². The molecule has 1 aliphatic rings. The van der Waals surface area contributed by atoms with Crippen LogP contribution in [0, 0.1) is 25.2 Å². The molecule has 0 aliphatic carbocycles. The Labute approximate surface area is 108 Å². The number of likely N-dealkylation sites (tertiary alicyclic amines) is 1. The minimum Gasteiger partial charge on any atom is -0.323 e. The van der Waals surface area contributed by atoms with Crippen LogP contribution in [0.3, 0.4) is 0 Å². The Hall–Kier alpha value is -1.82. The van der Waals surface area contributed by atoms with Crippen molar-refractivity contribution in [3.8, 4) is 6.07 Å². The number of carbonyl (C=O) groups excluding carboxylic acids is 1. The molecule has 18 heavy (non-hydrogen) atoms. The lowest BCUT2D eigenvalue weighted by atomic mass is 9.98. The molecule has 94 valence electrons. The third kappa shape index (κ3) is 2.24. The highest BCUT2D eigenvalue weighted by Gasteiger charge is 2.28. The zero-order valence-electron chi connectivity index (χ0n) is 10.9. The molecule has 1 aromatic carbocycles. The molecule has 2 rings (SSSR count). The molecule has 1 unspecified atom stereocenters. The van der Waals surface area contributed by atoms with Gasteiger partial charge in [-0.15, -0.1) is 0 Å². The van der Waals surface area contributed by atoms with E-state index in [1.807, 2.05) is 32.0 Å². The van der Waals surface area contributed by atoms with Gasteiger partial charge in [0.25, 0.3) is 5.91 Å². The van der Waals surface area contributed by atoms with Crippen molar-refractivity contribution in [3.63, 3.8) is 0 Å². The predicted molar refractivity (Wildman–Crippen MR) is 70.2 cm³/mol. The standard InChI is InChI=1S/C15H18N2O/c1-11-6-5-7-12(2)14(11)15(18)17-9-4-3-8-13(17)10-16/h5-7,13H,3-4,8-9H2,1-2H3. The maximum Gasteiger partial charge on any atom is 0.255 e. The molecule has 3 heteroatoms. The highest BCUT2D eigenvalue weighted by atomic mass is 16.2. The van der Waals surface area contributed by atoms with Gasteiger partial charge in [0.05, 0.1) is 6.07 Å². The second-order valence-corrected chi connectivity index (χ2v) is 4.91. The van der Waals surface area contributed by atoms with Crippen LogP contribution in [0.2, 0.25) is 0 Å². The molecule has 0 bridgehead atoms. The first kappa shape index (κ1) is 12.6. The van der Waals surface area contributed by atoms with Gasteiger partial charge in [-0.05, 0) is 44.2 Å². The molecule has 1 heterocycles. The van der Waals surface area contributed by atoms with E-state index in [2.05, 4.69) is 6.07 Å². The maximum atomic E-state index is 12.6. The van der Waals surface area contributed by atoms with E-state index in [4.69, 9.17) is 5.26 Å². The van der Waals surface area contributed by atoms with Gasteiger partial charge < -0.3 is 4.90 Å². The first-order chi connectivity index (χ1) is 8.65. The maximum absolute atomic E-state index is 12.6. The van der Waals surface area contributed by atoms with E-state index < -0.39 is 0 Å². The Bertz CT molecular complexity index is 481. The van der Waals surface area contributed by atoms with Gasteiger partial charge in [-0.25, -0.2) is 0 Å². The van der Waals surface area contributed by atoms with E-state index in [1.54, 1.807) is 4.90 Å². The zero-order chi connectivity index (χ0) is 13.1. The lowest BCUT2D eigenvalue weighted by Gasteiger charge is -2.32. The van der Waals surface area contributed by atoms with Crippen molar-refractivity contribution in [1.29, 1.82) is 5.26 Å². The fraction of sp³-hybridized carbons (Fsp3) is 0.467. The van der Waals surface area contributed by atoms with Crippen LogP contribution in [0.15, 0.2) is 18.2 Å². The van der Waals surface area contributed by atoms with E-state index in [0.29, 0.717) is 6.54 Å². The number of benzene rings is 1. The van der Waals surface area contributed by atoms with Gasteiger partial charge in [0.15, 0.2) is 0 Å². The lowest BCUT2D eigenvalue weighted by Crippen LogP contribution is -2.43. The number of piperidine rings is 1. The summed E-state index contributed by atoms with van der Waals surface area (Å²) in [5.74, 6) is 0.0110. The molecular formula is C15H18N2O. The largest absolute Gasteiger partial charge is 0.323 e. The van der Waals surface area contributed by atoms with Crippen LogP contribution in [0.1, 0.15) is 40.7 Å². The molecule has 1 fully saturated rings. The van der Waals surface area contributed by atoms with E-state index in [1.165, 1.54) is 0 Å². The normalized spacial score (nSPS) is 19.4. The quantitative estimate of drug-likeness (QED) is 0.760. The summed E-state index contributed by atoms with van der Waals surface area (Å²) in [7, 11) is 0. The number of amides is 1. The molecule has 1 atom stereocenters. The summed E-state index contributed by atoms with van der Waals surface area (Å²) in [6.45, 7) is 4.60. The topological polar surface area (TPSA) is 44.1 Å². The summed E-state index contributed by atoms with van der Waals surface area (Å²) >= 11 is 0. The van der Waals surface area contributed by atoms with Crippen molar-refractivity contribution in [2.24, 2.45) is 0 Å². The summed E-state index contributed by atoms with van der Waals surface area (Å²) in [4.78, 5) is 14.3. The number of hydrogen-bond acceptors (Lipinski definition) is 2. The fourth-order valence-corrected chi connectivity index (χ4v) is 2.60. The van der Waals surface area contributed by atoms with E-state index in [9.17, 15) is 4.79 Å². The van der Waals surface area contributed by atoms with Crippen LogP contribution in [0.25, 0.3) is 0 Å². The zero-order valence-corrected chi connectivity index (χ0v) is 10.9. The average molecular weight is 242 g/mol.